The van der Waals surface area contributed by atoms with Gasteiger partial charge in [0.05, 0.1) is 12.2 Å². The van der Waals surface area contributed by atoms with E-state index in [1.54, 1.807) is 25.3 Å². The van der Waals surface area contributed by atoms with Crippen molar-refractivity contribution in [2.24, 2.45) is 0 Å². The molecule has 7 nitrogen and oxygen atoms in total. The Balaban J connectivity index is 2.09. The van der Waals surface area contributed by atoms with E-state index in [0.29, 0.717) is 29.5 Å². The van der Waals surface area contributed by atoms with Gasteiger partial charge in [0.2, 0.25) is 5.88 Å². The predicted molar refractivity (Wildman–Crippen MR) is 106 cm³/mol. The van der Waals surface area contributed by atoms with Gasteiger partial charge in [-0.05, 0) is 37.5 Å². The highest BCUT2D eigenvalue weighted by molar-refractivity contribution is 7.98. The van der Waals surface area contributed by atoms with Gasteiger partial charge in [0.15, 0.2) is 17.5 Å². The van der Waals surface area contributed by atoms with Gasteiger partial charge in [-0.1, -0.05) is 31.2 Å². The highest BCUT2D eigenvalue weighted by atomic mass is 32.2. The summed E-state index contributed by atoms with van der Waals surface area (Å²) in [5, 5.41) is 10.9. The number of ketones is 1. The van der Waals surface area contributed by atoms with Crippen molar-refractivity contribution in [2.75, 3.05) is 13.2 Å². The standard InChI is InChI=1S/C20H24N2O5S/c1-4-6-16-14(7-8-15(13(3)23)19(16)25)12-28-20-21-10-9-17(22-20)27-11-18(24)26-5-2/h7-10,25H,4-6,11-12H2,1-3H3. The van der Waals surface area contributed by atoms with Crippen LogP contribution in [-0.4, -0.2) is 40.0 Å². The molecular formula is C20H24N2O5S. The van der Waals surface area contributed by atoms with Gasteiger partial charge in [0, 0.05) is 18.0 Å². The Morgan fingerprint density at radius 3 is 2.68 bits per heavy atom. The minimum Gasteiger partial charge on any atom is -0.507 e. The monoisotopic (exact) mass is 404 g/mol. The fraction of sp³-hybridized carbons (Fsp3) is 0.400. The van der Waals surface area contributed by atoms with E-state index in [4.69, 9.17) is 9.47 Å². The fourth-order valence-electron chi connectivity index (χ4n) is 2.58. The molecule has 1 N–H and O–H groups in total. The topological polar surface area (TPSA) is 98.6 Å². The molecule has 0 fully saturated rings. The molecule has 0 aliphatic heterocycles. The van der Waals surface area contributed by atoms with Crippen LogP contribution >= 0.6 is 11.8 Å². The van der Waals surface area contributed by atoms with Gasteiger partial charge in [0.1, 0.15) is 5.75 Å². The van der Waals surface area contributed by atoms with Gasteiger partial charge in [-0.25, -0.2) is 9.78 Å². The molecule has 0 bridgehead atoms. The van der Waals surface area contributed by atoms with Crippen LogP contribution in [0.3, 0.4) is 0 Å². The molecule has 2 rings (SSSR count). The fourth-order valence-corrected chi connectivity index (χ4v) is 3.42. The molecule has 0 saturated carbocycles. The first-order valence-electron chi connectivity index (χ1n) is 9.05. The number of carbonyl (C=O) groups excluding carboxylic acids is 2. The molecule has 0 radical (unpaired) electrons. The summed E-state index contributed by atoms with van der Waals surface area (Å²) in [6.45, 7) is 5.27. The number of hydrogen-bond donors (Lipinski definition) is 1. The van der Waals surface area contributed by atoms with Gasteiger partial charge in [-0.2, -0.15) is 4.98 Å². The number of hydrogen-bond acceptors (Lipinski definition) is 8. The minimum absolute atomic E-state index is 0.0555. The van der Waals surface area contributed by atoms with E-state index in [0.717, 1.165) is 17.5 Å². The van der Waals surface area contributed by atoms with Gasteiger partial charge in [-0.3, -0.25) is 4.79 Å². The summed E-state index contributed by atoms with van der Waals surface area (Å²) in [5.41, 5.74) is 2.04. The molecule has 0 unspecified atom stereocenters. The van der Waals surface area contributed by atoms with Crippen molar-refractivity contribution in [1.29, 1.82) is 0 Å². The lowest BCUT2D eigenvalue weighted by Crippen LogP contribution is -2.15. The summed E-state index contributed by atoms with van der Waals surface area (Å²) in [6, 6.07) is 5.07. The number of phenols is 1. The molecule has 2 aromatic rings. The van der Waals surface area contributed by atoms with Crippen LogP contribution in [0.25, 0.3) is 0 Å². The van der Waals surface area contributed by atoms with Crippen molar-refractivity contribution in [2.45, 2.75) is 44.5 Å². The van der Waals surface area contributed by atoms with E-state index in [2.05, 4.69) is 9.97 Å². The van der Waals surface area contributed by atoms with E-state index in [1.165, 1.54) is 18.7 Å². The average molecular weight is 404 g/mol. The van der Waals surface area contributed by atoms with Crippen LogP contribution in [0.5, 0.6) is 11.6 Å². The molecule has 28 heavy (non-hydrogen) atoms. The van der Waals surface area contributed by atoms with Crippen LogP contribution in [0.1, 0.15) is 48.7 Å². The van der Waals surface area contributed by atoms with Gasteiger partial charge in [-0.15, -0.1) is 0 Å². The Morgan fingerprint density at radius 2 is 2.00 bits per heavy atom. The van der Waals surface area contributed by atoms with Crippen molar-refractivity contribution in [3.05, 3.63) is 41.1 Å². The van der Waals surface area contributed by atoms with Crippen LogP contribution in [0, 0.1) is 0 Å². The van der Waals surface area contributed by atoms with E-state index < -0.39 is 5.97 Å². The maximum Gasteiger partial charge on any atom is 0.344 e. The Labute approximate surface area is 168 Å². The minimum atomic E-state index is -0.458. The largest absolute Gasteiger partial charge is 0.507 e. The van der Waals surface area contributed by atoms with E-state index in [9.17, 15) is 14.7 Å². The third kappa shape index (κ3) is 5.95. The highest BCUT2D eigenvalue weighted by Crippen LogP contribution is 2.31. The lowest BCUT2D eigenvalue weighted by atomic mass is 9.98. The number of ether oxygens (including phenoxy) is 2. The van der Waals surface area contributed by atoms with Crippen molar-refractivity contribution in [3.63, 3.8) is 0 Å². The van der Waals surface area contributed by atoms with Crippen molar-refractivity contribution < 1.29 is 24.2 Å². The lowest BCUT2D eigenvalue weighted by molar-refractivity contribution is -0.145. The molecule has 150 valence electrons. The summed E-state index contributed by atoms with van der Waals surface area (Å²) in [6.07, 6.45) is 3.08. The molecule has 0 aliphatic rings. The number of aromatic hydroxyl groups is 1. The van der Waals surface area contributed by atoms with Gasteiger partial charge < -0.3 is 14.6 Å². The number of benzene rings is 1. The Bertz CT molecular complexity index is 841. The molecule has 8 heteroatoms. The second-order valence-electron chi connectivity index (χ2n) is 5.97. The number of thioether (sulfide) groups is 1. The third-order valence-electron chi connectivity index (χ3n) is 3.87. The predicted octanol–water partition coefficient (Wildman–Crippen LogP) is 3.57. The van der Waals surface area contributed by atoms with Gasteiger partial charge in [0.25, 0.3) is 0 Å². The first-order valence-corrected chi connectivity index (χ1v) is 10.0. The molecule has 0 spiro atoms. The molecular weight excluding hydrogens is 380 g/mol. The molecule has 0 atom stereocenters. The zero-order valence-electron chi connectivity index (χ0n) is 16.2. The van der Waals surface area contributed by atoms with Crippen molar-refractivity contribution in [3.8, 4) is 11.6 Å². The summed E-state index contributed by atoms with van der Waals surface area (Å²) in [4.78, 5) is 31.5. The number of phenolic OH excluding ortho intramolecular Hbond substituents is 1. The summed E-state index contributed by atoms with van der Waals surface area (Å²) < 4.78 is 10.1. The maximum absolute atomic E-state index is 11.7. The Morgan fingerprint density at radius 1 is 1.21 bits per heavy atom. The molecule has 1 aromatic heterocycles. The summed E-state index contributed by atoms with van der Waals surface area (Å²) >= 11 is 1.38. The second-order valence-corrected chi connectivity index (χ2v) is 6.91. The second kappa shape index (κ2) is 10.7. The van der Waals surface area contributed by atoms with Crippen LogP contribution in [0.15, 0.2) is 29.6 Å². The van der Waals surface area contributed by atoms with Crippen LogP contribution in [0.4, 0.5) is 0 Å². The van der Waals surface area contributed by atoms with E-state index >= 15 is 0 Å². The normalized spacial score (nSPS) is 10.5. The molecule has 1 aromatic carbocycles. The molecule has 0 aliphatic carbocycles. The quantitative estimate of drug-likeness (QED) is 0.278. The average Bonchev–Trinajstić information content (AvgIpc) is 2.67. The maximum atomic E-state index is 11.7. The number of esters is 1. The zero-order chi connectivity index (χ0) is 20.5. The van der Waals surface area contributed by atoms with Crippen LogP contribution in [-0.2, 0) is 21.7 Å². The smallest absolute Gasteiger partial charge is 0.344 e. The summed E-state index contributed by atoms with van der Waals surface area (Å²) in [5.74, 6) is 0.251. The van der Waals surface area contributed by atoms with Crippen LogP contribution < -0.4 is 4.74 Å². The van der Waals surface area contributed by atoms with Crippen molar-refractivity contribution >= 4 is 23.5 Å². The lowest BCUT2D eigenvalue weighted by Gasteiger charge is -2.13. The van der Waals surface area contributed by atoms with E-state index in [-0.39, 0.29) is 24.0 Å². The number of rotatable bonds is 10. The Kier molecular flexibility index (Phi) is 8.25. The molecule has 0 amide bonds. The first-order chi connectivity index (χ1) is 13.5. The SMILES string of the molecule is CCCc1c(CSc2nccc(OCC(=O)OCC)n2)ccc(C(C)=O)c1O. The number of carbonyl (C=O) groups is 2. The Hall–Kier alpha value is -2.61. The highest BCUT2D eigenvalue weighted by Gasteiger charge is 2.15. The number of aromatic nitrogens is 2. The van der Waals surface area contributed by atoms with E-state index in [1.807, 2.05) is 13.0 Å². The third-order valence-corrected chi connectivity index (χ3v) is 4.78. The van der Waals surface area contributed by atoms with Crippen LogP contribution in [0.2, 0.25) is 0 Å². The van der Waals surface area contributed by atoms with Gasteiger partial charge >= 0.3 is 5.97 Å². The zero-order valence-corrected chi connectivity index (χ0v) is 17.0. The molecule has 1 heterocycles. The van der Waals surface area contributed by atoms with Crippen molar-refractivity contribution in [1.82, 2.24) is 9.97 Å². The molecule has 0 saturated heterocycles. The first kappa shape index (κ1) is 21.7. The summed E-state index contributed by atoms with van der Waals surface area (Å²) in [7, 11) is 0. The number of nitrogens with zero attached hydrogens (tertiary/aromatic N) is 2. The number of Topliss-reactive ketones (excluding diaryl/α,β-unsaturated/α-hetero) is 1.